The summed E-state index contributed by atoms with van der Waals surface area (Å²) in [5, 5.41) is 3.33. The average Bonchev–Trinajstić information content (AvgIpc) is 2.39. The van der Waals surface area contributed by atoms with E-state index in [4.69, 9.17) is 9.47 Å². The normalized spacial score (nSPS) is 20.2. The molecule has 1 N–H and O–H groups in total. The molecule has 0 aromatic heterocycles. The van der Waals surface area contributed by atoms with Crippen molar-refractivity contribution in [3.05, 3.63) is 29.8 Å². The van der Waals surface area contributed by atoms with E-state index in [2.05, 4.69) is 24.4 Å². The van der Waals surface area contributed by atoms with Gasteiger partial charge in [-0.05, 0) is 25.5 Å². The van der Waals surface area contributed by atoms with Gasteiger partial charge in [-0.1, -0.05) is 25.1 Å². The lowest BCUT2D eigenvalue weighted by Crippen LogP contribution is -2.28. The summed E-state index contributed by atoms with van der Waals surface area (Å²) in [6, 6.07) is 8.23. The number of hydrogen-bond donors (Lipinski definition) is 1. The van der Waals surface area contributed by atoms with Crippen LogP contribution in [0.15, 0.2) is 24.3 Å². The van der Waals surface area contributed by atoms with Gasteiger partial charge in [0.1, 0.15) is 11.9 Å². The highest BCUT2D eigenvalue weighted by Crippen LogP contribution is 2.21. The van der Waals surface area contributed by atoms with Gasteiger partial charge in [-0.25, -0.2) is 0 Å². The summed E-state index contributed by atoms with van der Waals surface area (Å²) < 4.78 is 11.5. The molecule has 3 heteroatoms. The molecule has 1 aromatic rings. The van der Waals surface area contributed by atoms with Gasteiger partial charge in [-0.2, -0.15) is 0 Å². The molecule has 17 heavy (non-hydrogen) atoms. The molecule has 0 spiro atoms. The van der Waals surface area contributed by atoms with Crippen LogP contribution in [0.5, 0.6) is 5.75 Å². The fraction of sp³-hybridized carbons (Fsp3) is 0.571. The molecule has 1 aliphatic rings. The SMILES string of the molecule is CCNCc1ccccc1OC1CCCOC1. The number of nitrogens with one attached hydrogen (secondary N) is 1. The summed E-state index contributed by atoms with van der Waals surface area (Å²) in [7, 11) is 0. The van der Waals surface area contributed by atoms with E-state index in [0.717, 1.165) is 44.9 Å². The molecule has 94 valence electrons. The van der Waals surface area contributed by atoms with Gasteiger partial charge in [0.2, 0.25) is 0 Å². The lowest BCUT2D eigenvalue weighted by molar-refractivity contribution is 0.00701. The summed E-state index contributed by atoms with van der Waals surface area (Å²) in [6.07, 6.45) is 2.40. The van der Waals surface area contributed by atoms with Crippen LogP contribution in [0.2, 0.25) is 0 Å². The molecule has 0 saturated carbocycles. The van der Waals surface area contributed by atoms with Gasteiger partial charge in [-0.3, -0.25) is 0 Å². The van der Waals surface area contributed by atoms with Gasteiger partial charge in [0.25, 0.3) is 0 Å². The molecule has 1 fully saturated rings. The van der Waals surface area contributed by atoms with Crippen LogP contribution in [0.4, 0.5) is 0 Å². The Morgan fingerprint density at radius 3 is 3.06 bits per heavy atom. The zero-order valence-electron chi connectivity index (χ0n) is 10.4. The molecule has 3 nitrogen and oxygen atoms in total. The van der Waals surface area contributed by atoms with Gasteiger partial charge >= 0.3 is 0 Å². The standard InChI is InChI=1S/C14H21NO2/c1-2-15-10-12-6-3-4-8-14(12)17-13-7-5-9-16-11-13/h3-4,6,8,13,15H,2,5,7,9-11H2,1H3. The molecule has 0 amide bonds. The van der Waals surface area contributed by atoms with E-state index in [-0.39, 0.29) is 6.10 Å². The van der Waals surface area contributed by atoms with Crippen molar-refractivity contribution in [2.24, 2.45) is 0 Å². The van der Waals surface area contributed by atoms with Crippen LogP contribution in [0.25, 0.3) is 0 Å². The first-order chi connectivity index (χ1) is 8.40. The maximum Gasteiger partial charge on any atom is 0.124 e. The third-order valence-electron chi connectivity index (χ3n) is 2.95. The van der Waals surface area contributed by atoms with Crippen molar-refractivity contribution in [3.63, 3.8) is 0 Å². The monoisotopic (exact) mass is 235 g/mol. The van der Waals surface area contributed by atoms with Gasteiger partial charge in [0, 0.05) is 18.7 Å². The summed E-state index contributed by atoms with van der Waals surface area (Å²) in [5.41, 5.74) is 1.22. The molecule has 1 aliphatic heterocycles. The average molecular weight is 235 g/mol. The number of benzene rings is 1. The maximum absolute atomic E-state index is 6.02. The van der Waals surface area contributed by atoms with Crippen LogP contribution < -0.4 is 10.1 Å². The fourth-order valence-corrected chi connectivity index (χ4v) is 2.01. The molecule has 0 radical (unpaired) electrons. The predicted octanol–water partition coefficient (Wildman–Crippen LogP) is 2.35. The van der Waals surface area contributed by atoms with Crippen LogP contribution in [0.1, 0.15) is 25.3 Å². The molecule has 1 atom stereocenters. The smallest absolute Gasteiger partial charge is 0.124 e. The van der Waals surface area contributed by atoms with Crippen LogP contribution in [0, 0.1) is 0 Å². The summed E-state index contributed by atoms with van der Waals surface area (Å²) in [4.78, 5) is 0. The van der Waals surface area contributed by atoms with Crippen LogP contribution in [0.3, 0.4) is 0 Å². The Hall–Kier alpha value is -1.06. The van der Waals surface area contributed by atoms with Crippen molar-refractivity contribution in [3.8, 4) is 5.75 Å². The lowest BCUT2D eigenvalue weighted by atomic mass is 10.1. The Labute approximate surface area is 103 Å². The fourth-order valence-electron chi connectivity index (χ4n) is 2.01. The molecule has 1 saturated heterocycles. The molecule has 1 heterocycles. The summed E-state index contributed by atoms with van der Waals surface area (Å²) in [5.74, 6) is 0.990. The molecule has 1 aromatic carbocycles. The van der Waals surface area contributed by atoms with E-state index >= 15 is 0 Å². The minimum absolute atomic E-state index is 0.214. The molecule has 1 unspecified atom stereocenters. The molecule has 0 aliphatic carbocycles. The van der Waals surface area contributed by atoms with E-state index in [0.29, 0.717) is 0 Å². The quantitative estimate of drug-likeness (QED) is 0.850. The second-order valence-electron chi connectivity index (χ2n) is 4.35. The number of ether oxygens (including phenoxy) is 2. The zero-order valence-corrected chi connectivity index (χ0v) is 10.4. The predicted molar refractivity (Wildman–Crippen MR) is 68.3 cm³/mol. The van der Waals surface area contributed by atoms with E-state index in [9.17, 15) is 0 Å². The summed E-state index contributed by atoms with van der Waals surface area (Å²) >= 11 is 0. The second kappa shape index (κ2) is 6.62. The van der Waals surface area contributed by atoms with Crippen LogP contribution >= 0.6 is 0 Å². The van der Waals surface area contributed by atoms with Crippen molar-refractivity contribution in [2.75, 3.05) is 19.8 Å². The third kappa shape index (κ3) is 3.72. The van der Waals surface area contributed by atoms with Crippen LogP contribution in [-0.4, -0.2) is 25.9 Å². The first-order valence-corrected chi connectivity index (χ1v) is 6.43. The van der Waals surface area contributed by atoms with Crippen molar-refractivity contribution >= 4 is 0 Å². The van der Waals surface area contributed by atoms with E-state index in [1.54, 1.807) is 0 Å². The highest BCUT2D eigenvalue weighted by molar-refractivity contribution is 5.33. The minimum atomic E-state index is 0.214. The van der Waals surface area contributed by atoms with Crippen molar-refractivity contribution in [1.82, 2.24) is 5.32 Å². The van der Waals surface area contributed by atoms with E-state index < -0.39 is 0 Å². The zero-order chi connectivity index (χ0) is 11.9. The number of rotatable bonds is 5. The van der Waals surface area contributed by atoms with Crippen LogP contribution in [-0.2, 0) is 11.3 Å². The van der Waals surface area contributed by atoms with Crippen molar-refractivity contribution in [1.29, 1.82) is 0 Å². The largest absolute Gasteiger partial charge is 0.488 e. The molecule has 0 bridgehead atoms. The Morgan fingerprint density at radius 1 is 1.41 bits per heavy atom. The molecule has 2 rings (SSSR count). The Kier molecular flexibility index (Phi) is 4.83. The molecular weight excluding hydrogens is 214 g/mol. The Balaban J connectivity index is 1.98. The van der Waals surface area contributed by atoms with Crippen molar-refractivity contribution < 1.29 is 9.47 Å². The lowest BCUT2D eigenvalue weighted by Gasteiger charge is -2.24. The highest BCUT2D eigenvalue weighted by atomic mass is 16.5. The van der Waals surface area contributed by atoms with E-state index in [1.165, 1.54) is 5.56 Å². The first kappa shape index (κ1) is 12.4. The van der Waals surface area contributed by atoms with Gasteiger partial charge in [-0.15, -0.1) is 0 Å². The van der Waals surface area contributed by atoms with Gasteiger partial charge < -0.3 is 14.8 Å². The first-order valence-electron chi connectivity index (χ1n) is 6.43. The van der Waals surface area contributed by atoms with E-state index in [1.807, 2.05) is 12.1 Å². The van der Waals surface area contributed by atoms with Gasteiger partial charge in [0.05, 0.1) is 6.61 Å². The highest BCUT2D eigenvalue weighted by Gasteiger charge is 2.16. The topological polar surface area (TPSA) is 30.5 Å². The second-order valence-corrected chi connectivity index (χ2v) is 4.35. The Bertz CT molecular complexity index is 335. The molecular formula is C14H21NO2. The summed E-state index contributed by atoms with van der Waals surface area (Å²) in [6.45, 7) is 5.54. The maximum atomic E-state index is 6.02. The number of hydrogen-bond acceptors (Lipinski definition) is 3. The Morgan fingerprint density at radius 2 is 2.29 bits per heavy atom. The van der Waals surface area contributed by atoms with Gasteiger partial charge in [0.15, 0.2) is 0 Å². The van der Waals surface area contributed by atoms with Crippen molar-refractivity contribution in [2.45, 2.75) is 32.4 Å². The number of para-hydroxylation sites is 1. The third-order valence-corrected chi connectivity index (χ3v) is 2.95. The minimum Gasteiger partial charge on any atom is -0.488 e.